The van der Waals surface area contributed by atoms with E-state index in [0.29, 0.717) is 12.1 Å². The van der Waals surface area contributed by atoms with Crippen LogP contribution in [-0.2, 0) is 4.79 Å². The van der Waals surface area contributed by atoms with E-state index < -0.39 is 23.4 Å². The largest absolute Gasteiger partial charge is 0.426 e. The Morgan fingerprint density at radius 1 is 0.852 bits per heavy atom. The Morgan fingerprint density at radius 2 is 1.30 bits per heavy atom. The molecule has 0 radical (unpaired) electrons. The van der Waals surface area contributed by atoms with Gasteiger partial charge in [0.15, 0.2) is 17.5 Å². The molecule has 3 rings (SSSR count). The zero-order chi connectivity index (χ0) is 20.2. The lowest BCUT2D eigenvalue weighted by Gasteiger charge is -2.19. The van der Waals surface area contributed by atoms with Crippen LogP contribution in [0.4, 0.5) is 13.2 Å². The number of carbonyl (C=O) groups excluding carboxylic acids is 1. The van der Waals surface area contributed by atoms with Crippen LogP contribution in [0.2, 0.25) is 0 Å². The van der Waals surface area contributed by atoms with Gasteiger partial charge in [-0.05, 0) is 18.8 Å². The van der Waals surface area contributed by atoms with Crippen LogP contribution >= 0.6 is 0 Å². The first-order valence-corrected chi connectivity index (χ1v) is 10.3. The lowest BCUT2D eigenvalue weighted by Crippen LogP contribution is -2.22. The second kappa shape index (κ2) is 12.8. The Bertz CT molecular complexity index is 540. The van der Waals surface area contributed by atoms with Crippen LogP contribution in [0.5, 0.6) is 5.75 Å². The van der Waals surface area contributed by atoms with E-state index in [2.05, 4.69) is 6.92 Å². The molecule has 0 bridgehead atoms. The second-order valence-corrected chi connectivity index (χ2v) is 7.20. The fourth-order valence-electron chi connectivity index (χ4n) is 3.44. The van der Waals surface area contributed by atoms with Gasteiger partial charge in [0.05, 0.1) is 5.92 Å². The normalized spacial score (nSPS) is 17.9. The van der Waals surface area contributed by atoms with Gasteiger partial charge in [-0.25, -0.2) is 13.2 Å². The van der Waals surface area contributed by atoms with Crippen molar-refractivity contribution in [1.29, 1.82) is 0 Å². The molecule has 0 amide bonds. The summed E-state index contributed by atoms with van der Waals surface area (Å²) in [4.78, 5) is 11.7. The van der Waals surface area contributed by atoms with Crippen molar-refractivity contribution in [2.24, 2.45) is 11.8 Å². The van der Waals surface area contributed by atoms with Crippen LogP contribution in [0, 0.1) is 29.3 Å². The minimum atomic E-state index is -1.56. The van der Waals surface area contributed by atoms with Crippen LogP contribution < -0.4 is 4.74 Å². The first-order chi connectivity index (χ1) is 13.0. The highest BCUT2D eigenvalue weighted by Crippen LogP contribution is 2.26. The van der Waals surface area contributed by atoms with Gasteiger partial charge in [0.2, 0.25) is 0 Å². The van der Waals surface area contributed by atoms with Gasteiger partial charge in [-0.1, -0.05) is 72.1 Å². The van der Waals surface area contributed by atoms with Crippen LogP contribution in [0.15, 0.2) is 12.1 Å². The molecule has 0 N–H and O–H groups in total. The highest BCUT2D eigenvalue weighted by Gasteiger charge is 2.23. The van der Waals surface area contributed by atoms with Gasteiger partial charge in [-0.3, -0.25) is 4.79 Å². The Balaban J connectivity index is 0.000000338. The molecule has 1 aromatic rings. The number of halogens is 3. The van der Waals surface area contributed by atoms with Crippen molar-refractivity contribution >= 4 is 5.97 Å². The average Bonchev–Trinajstić information content (AvgIpc) is 2.69. The molecular formula is C22H33F3O2. The van der Waals surface area contributed by atoms with Crippen molar-refractivity contribution in [2.75, 3.05) is 0 Å². The van der Waals surface area contributed by atoms with E-state index in [1.54, 1.807) is 0 Å². The maximum Gasteiger partial charge on any atom is 0.314 e. The predicted octanol–water partition coefficient (Wildman–Crippen LogP) is 7.20. The molecule has 2 aliphatic rings. The molecule has 2 aliphatic carbocycles. The number of hydrogen-bond acceptors (Lipinski definition) is 2. The van der Waals surface area contributed by atoms with E-state index in [9.17, 15) is 18.0 Å². The Morgan fingerprint density at radius 3 is 1.70 bits per heavy atom. The molecule has 0 spiro atoms. The molecule has 2 nitrogen and oxygen atoms in total. The molecule has 2 saturated carbocycles. The monoisotopic (exact) mass is 386 g/mol. The second-order valence-electron chi connectivity index (χ2n) is 7.20. The summed E-state index contributed by atoms with van der Waals surface area (Å²) in [5.41, 5.74) is 0. The third kappa shape index (κ3) is 8.35. The third-order valence-corrected chi connectivity index (χ3v) is 5.01. The van der Waals surface area contributed by atoms with Gasteiger partial charge in [0, 0.05) is 12.1 Å². The van der Waals surface area contributed by atoms with Gasteiger partial charge in [-0.2, -0.15) is 0 Å². The lowest BCUT2D eigenvalue weighted by atomic mass is 9.89. The van der Waals surface area contributed by atoms with Crippen molar-refractivity contribution in [1.82, 2.24) is 0 Å². The Kier molecular flexibility index (Phi) is 11.1. The standard InChI is InChI=1S/C13H13F3O2.C7H14.C2H6/c14-10-6-9(7-11(15)12(10)16)18-13(17)8-4-2-1-3-5-8;1-7-5-3-2-4-6-7;1-2/h6-8H,1-5H2;7H,2-6H2,1H3;1-2H3. The number of rotatable bonds is 2. The highest BCUT2D eigenvalue weighted by atomic mass is 19.2. The number of esters is 1. The Labute approximate surface area is 161 Å². The molecule has 27 heavy (non-hydrogen) atoms. The maximum atomic E-state index is 12.9. The molecule has 0 heterocycles. The molecule has 154 valence electrons. The Hall–Kier alpha value is -1.52. The van der Waals surface area contributed by atoms with E-state index in [1.165, 1.54) is 32.1 Å². The lowest BCUT2D eigenvalue weighted by molar-refractivity contribution is -0.140. The van der Waals surface area contributed by atoms with Gasteiger partial charge in [-0.15, -0.1) is 0 Å². The van der Waals surface area contributed by atoms with E-state index in [-0.39, 0.29) is 11.7 Å². The summed E-state index contributed by atoms with van der Waals surface area (Å²) in [7, 11) is 0. The number of carbonyl (C=O) groups is 1. The fourth-order valence-corrected chi connectivity index (χ4v) is 3.44. The molecule has 1 aromatic carbocycles. The van der Waals surface area contributed by atoms with Gasteiger partial charge in [0.1, 0.15) is 5.75 Å². The van der Waals surface area contributed by atoms with Crippen molar-refractivity contribution in [3.8, 4) is 5.75 Å². The van der Waals surface area contributed by atoms with Gasteiger partial charge < -0.3 is 4.74 Å². The zero-order valence-corrected chi connectivity index (χ0v) is 16.8. The average molecular weight is 386 g/mol. The fraction of sp³-hybridized carbons (Fsp3) is 0.682. The molecule has 0 unspecified atom stereocenters. The van der Waals surface area contributed by atoms with E-state index in [1.807, 2.05) is 13.8 Å². The maximum absolute atomic E-state index is 12.9. The summed E-state index contributed by atoms with van der Waals surface area (Å²) in [6.45, 7) is 6.36. The van der Waals surface area contributed by atoms with Crippen molar-refractivity contribution in [2.45, 2.75) is 85.0 Å². The highest BCUT2D eigenvalue weighted by molar-refractivity contribution is 5.75. The molecule has 0 atom stereocenters. The van der Waals surface area contributed by atoms with E-state index in [0.717, 1.165) is 38.0 Å². The molecular weight excluding hydrogens is 353 g/mol. The number of benzene rings is 1. The summed E-state index contributed by atoms with van der Waals surface area (Å²) in [5.74, 6) is -4.26. The van der Waals surface area contributed by atoms with Gasteiger partial charge in [0.25, 0.3) is 0 Å². The van der Waals surface area contributed by atoms with Gasteiger partial charge >= 0.3 is 5.97 Å². The van der Waals surface area contributed by atoms with Crippen molar-refractivity contribution < 1.29 is 22.7 Å². The quantitative estimate of drug-likeness (QED) is 0.305. The molecule has 2 fully saturated rings. The SMILES string of the molecule is CC.CC1CCCCC1.O=C(Oc1cc(F)c(F)c(F)c1)C1CCCCC1. The molecule has 0 saturated heterocycles. The van der Waals surface area contributed by atoms with E-state index in [4.69, 9.17) is 4.74 Å². The summed E-state index contributed by atoms with van der Waals surface area (Å²) < 4.78 is 43.4. The first kappa shape index (κ1) is 23.5. The molecule has 5 heteroatoms. The third-order valence-electron chi connectivity index (χ3n) is 5.01. The molecule has 0 aliphatic heterocycles. The number of hydrogen-bond donors (Lipinski definition) is 0. The van der Waals surface area contributed by atoms with Crippen molar-refractivity contribution in [3.05, 3.63) is 29.6 Å². The summed E-state index contributed by atoms with van der Waals surface area (Å²) in [5, 5.41) is 0. The minimum absolute atomic E-state index is 0.227. The predicted molar refractivity (Wildman–Crippen MR) is 102 cm³/mol. The van der Waals surface area contributed by atoms with Crippen LogP contribution in [0.1, 0.15) is 85.0 Å². The first-order valence-electron chi connectivity index (χ1n) is 10.3. The minimum Gasteiger partial charge on any atom is -0.426 e. The number of ether oxygens (including phenoxy) is 1. The van der Waals surface area contributed by atoms with Crippen LogP contribution in [-0.4, -0.2) is 5.97 Å². The summed E-state index contributed by atoms with van der Waals surface area (Å²) in [6, 6.07) is 1.36. The summed E-state index contributed by atoms with van der Waals surface area (Å²) in [6.07, 6.45) is 11.9. The topological polar surface area (TPSA) is 26.3 Å². The van der Waals surface area contributed by atoms with Crippen LogP contribution in [0.3, 0.4) is 0 Å². The summed E-state index contributed by atoms with van der Waals surface area (Å²) >= 11 is 0. The van der Waals surface area contributed by atoms with Crippen molar-refractivity contribution in [3.63, 3.8) is 0 Å². The zero-order valence-electron chi connectivity index (χ0n) is 16.8. The van der Waals surface area contributed by atoms with E-state index >= 15 is 0 Å². The molecule has 0 aromatic heterocycles. The van der Waals surface area contributed by atoms with Crippen LogP contribution in [0.25, 0.3) is 0 Å². The smallest absolute Gasteiger partial charge is 0.314 e.